The maximum Gasteiger partial charge on any atom is 0.407 e. The van der Waals surface area contributed by atoms with Crippen LogP contribution in [0.3, 0.4) is 0 Å². The van der Waals surface area contributed by atoms with E-state index in [4.69, 9.17) is 12.7 Å². The zero-order chi connectivity index (χ0) is 14.3. The van der Waals surface area contributed by atoms with Crippen molar-refractivity contribution < 1.29 is 17.5 Å². The Hall–Kier alpha value is -0.810. The lowest BCUT2D eigenvalue weighted by Gasteiger charge is -2.09. The van der Waals surface area contributed by atoms with Gasteiger partial charge in [-0.05, 0) is 26.7 Å². The van der Waals surface area contributed by atoms with Crippen molar-refractivity contribution in [2.45, 2.75) is 79.7 Å². The number of nitrogens with one attached hydrogen (secondary N) is 1. The summed E-state index contributed by atoms with van der Waals surface area (Å²) in [5, 5.41) is 9.74. The lowest BCUT2D eigenvalue weighted by Crippen LogP contribution is -2.31. The van der Waals surface area contributed by atoms with Crippen LogP contribution in [0.4, 0.5) is 4.79 Å². The molecule has 5 nitrogen and oxygen atoms in total. The Morgan fingerprint density at radius 1 is 1.61 bits per heavy atom. The van der Waals surface area contributed by atoms with Crippen molar-refractivity contribution in [1.29, 1.82) is 0 Å². The summed E-state index contributed by atoms with van der Waals surface area (Å²) < 4.78 is 18.6. The van der Waals surface area contributed by atoms with Crippen LogP contribution in [0.25, 0.3) is 0 Å². The number of carbonyl (C=O) groups excluding carboxylic acids is 1. The zero-order valence-corrected chi connectivity index (χ0v) is 10.4. The number of hydrogen-bond donors (Lipinski definition) is 3. The predicted octanol–water partition coefficient (Wildman–Crippen LogP) is 2.27. The van der Waals surface area contributed by atoms with Gasteiger partial charge in [0.15, 0.2) is 1.41 Å². The van der Waals surface area contributed by atoms with Gasteiger partial charge in [0.05, 0.1) is 12.1 Å². The topological polar surface area (TPSA) is 84.6 Å². The van der Waals surface area contributed by atoms with E-state index in [-0.39, 0.29) is 33.0 Å². The van der Waals surface area contributed by atoms with E-state index in [1.165, 1.54) is 0 Å². The van der Waals surface area contributed by atoms with Crippen molar-refractivity contribution >= 4 is 6.09 Å². The molecule has 1 rings (SSSR count). The lowest BCUT2D eigenvalue weighted by atomic mass is 10.1. The van der Waals surface area contributed by atoms with Gasteiger partial charge < -0.3 is 20.9 Å². The SMILES string of the molecule is C.C.[2H]N1C(=O)OC(C)C1CC.[2H]NC(CC)C(C)O. The predicted molar refractivity (Wildman–Crippen MR) is 76.6 cm³/mol. The van der Waals surface area contributed by atoms with Crippen molar-refractivity contribution in [3.05, 3.63) is 0 Å². The molecule has 1 heterocycles. The molecule has 1 fully saturated rings. The van der Waals surface area contributed by atoms with Crippen LogP contribution in [-0.4, -0.2) is 35.5 Å². The van der Waals surface area contributed by atoms with Gasteiger partial charge in [0.25, 0.3) is 0 Å². The number of hydrogen-bond acceptors (Lipinski definition) is 4. The van der Waals surface area contributed by atoms with Gasteiger partial charge in [-0.25, -0.2) is 4.79 Å². The van der Waals surface area contributed by atoms with E-state index < -0.39 is 12.2 Å². The Kier molecular flexibility index (Phi) is 10.8. The summed E-state index contributed by atoms with van der Waals surface area (Å²) in [7, 11) is 0. The van der Waals surface area contributed by atoms with E-state index in [1.807, 2.05) is 13.8 Å². The summed E-state index contributed by atoms with van der Waals surface area (Å²) in [5.41, 5.74) is 2.25. The summed E-state index contributed by atoms with van der Waals surface area (Å²) in [4.78, 5) is 10.7. The number of aliphatic hydroxyl groups is 1. The first kappa shape index (κ1) is 17.2. The fraction of sp³-hybridized carbons (Fsp3) is 0.923. The molecule has 0 saturated carbocycles. The molecule has 4 unspecified atom stereocenters. The highest BCUT2D eigenvalue weighted by Crippen LogP contribution is 2.09. The van der Waals surface area contributed by atoms with Crippen molar-refractivity contribution in [1.82, 2.24) is 5.31 Å². The van der Waals surface area contributed by atoms with Crippen LogP contribution in [-0.2, 0) is 4.74 Å². The molecule has 4 atom stereocenters. The van der Waals surface area contributed by atoms with Crippen LogP contribution in [0.2, 0.25) is 2.82 Å². The zero-order valence-electron chi connectivity index (χ0n) is 12.4. The largest absolute Gasteiger partial charge is 0.444 e. The maximum absolute atomic E-state index is 10.7. The molecule has 18 heavy (non-hydrogen) atoms. The fourth-order valence-electron chi connectivity index (χ4n) is 1.27. The van der Waals surface area contributed by atoms with E-state index in [9.17, 15) is 4.79 Å². The van der Waals surface area contributed by atoms with Crippen molar-refractivity contribution in [3.8, 4) is 0 Å². The molecule has 0 bridgehead atoms. The molecule has 112 valence electrons. The summed E-state index contributed by atoms with van der Waals surface area (Å²) in [6.07, 6.45) is 0.490. The first-order valence-electron chi connectivity index (χ1n) is 6.67. The highest BCUT2D eigenvalue weighted by molar-refractivity contribution is 5.70. The van der Waals surface area contributed by atoms with Crippen molar-refractivity contribution in [3.63, 3.8) is 0 Å². The summed E-state index contributed by atoms with van der Waals surface area (Å²) in [5.74, 6) is 0. The molecule has 0 aromatic carbocycles. The Morgan fingerprint density at radius 2 is 2.17 bits per heavy atom. The molecule has 0 radical (unpaired) electrons. The van der Waals surface area contributed by atoms with Crippen molar-refractivity contribution in [2.75, 3.05) is 0 Å². The molecular weight excluding hydrogens is 232 g/mol. The molecule has 0 spiro atoms. The summed E-state index contributed by atoms with van der Waals surface area (Å²) in [6.45, 7) is 7.35. The first-order valence-corrected chi connectivity index (χ1v) is 5.72. The minimum atomic E-state index is -0.528. The molecule has 5 heteroatoms. The monoisotopic (exact) mass is 266 g/mol. The average molecular weight is 266 g/mol. The average Bonchev–Trinajstić information content (AvgIpc) is 2.55. The number of aliphatic hydroxyl groups excluding tert-OH is 1. The number of alkyl carbamates (subject to hydrolysis) is 1. The highest BCUT2D eigenvalue weighted by Gasteiger charge is 2.28. The standard InChI is InChI=1S/C6H11NO2.C5H13NO.2CH4/c1-3-5-4(2)9-6(8)7-5;1-3-5(6)4(2)7;;/h4-5H,3H2,1-2H3,(H,7,8);4-5,7H,3,6H2,1-2H3;2*1H4/i/hD2. The molecule has 1 aliphatic heterocycles. The smallest absolute Gasteiger partial charge is 0.407 e. The van der Waals surface area contributed by atoms with Gasteiger partial charge in [0, 0.05) is 6.04 Å². The van der Waals surface area contributed by atoms with E-state index in [2.05, 4.69) is 5.73 Å². The Bertz CT molecular complexity index is 252. The van der Waals surface area contributed by atoms with Gasteiger partial charge in [0.2, 0.25) is 0 Å². The molecule has 1 saturated heterocycles. The van der Waals surface area contributed by atoms with Gasteiger partial charge >= 0.3 is 6.09 Å². The van der Waals surface area contributed by atoms with Crippen molar-refractivity contribution in [2.24, 2.45) is 5.73 Å². The molecular formula is C13H32N2O3. The van der Waals surface area contributed by atoms with Gasteiger partial charge in [-0.3, -0.25) is 0 Å². The second kappa shape index (κ2) is 11.3. The normalized spacial score (nSPS) is 26.3. The maximum atomic E-state index is 10.7. The van der Waals surface area contributed by atoms with Gasteiger partial charge in [-0.1, -0.05) is 28.7 Å². The number of amides is 1. The quantitative estimate of drug-likeness (QED) is 0.728. The van der Waals surface area contributed by atoms with E-state index in [1.54, 1.807) is 13.8 Å². The summed E-state index contributed by atoms with van der Waals surface area (Å²) >= 11 is 0. The van der Waals surface area contributed by atoms with Crippen LogP contribution in [0.15, 0.2) is 0 Å². The second-order valence-electron chi connectivity index (χ2n) is 3.95. The van der Waals surface area contributed by atoms with Crippen LogP contribution in [0.1, 0.15) is 55.4 Å². The molecule has 4 N–H and O–H groups in total. The summed E-state index contributed by atoms with van der Waals surface area (Å²) in [6, 6.07) is -0.137. The van der Waals surface area contributed by atoms with Gasteiger partial charge in [0.1, 0.15) is 7.52 Å². The lowest BCUT2D eigenvalue weighted by molar-refractivity contribution is 0.140. The van der Waals surface area contributed by atoms with Gasteiger partial charge in [-0.2, -0.15) is 0 Å². The molecule has 0 aromatic rings. The number of ether oxygens (including phenoxy) is 1. The number of carbonyl (C=O) groups is 1. The highest BCUT2D eigenvalue weighted by atomic mass is 16.6. The molecule has 0 aromatic heterocycles. The van der Waals surface area contributed by atoms with Crippen LogP contribution < -0.4 is 11.0 Å². The van der Waals surface area contributed by atoms with Crippen LogP contribution in [0, 0.1) is 0 Å². The third kappa shape index (κ3) is 8.31. The minimum absolute atomic E-state index is 0. The number of nitrogens with two attached hydrogens (primary N) is 1. The first-order chi connectivity index (χ1) is 8.38. The third-order valence-electron chi connectivity index (χ3n) is 2.54. The second-order valence-corrected chi connectivity index (χ2v) is 3.95. The fourth-order valence-corrected chi connectivity index (χ4v) is 1.27. The Balaban J connectivity index is -0.000000269. The molecule has 0 aliphatic carbocycles. The van der Waals surface area contributed by atoms with Crippen LogP contribution >= 0.6 is 0 Å². The van der Waals surface area contributed by atoms with Crippen LogP contribution in [0.5, 0.6) is 0 Å². The minimum Gasteiger partial charge on any atom is -0.444 e. The molecule has 1 aliphatic rings. The number of cyclic esters (lactones) is 1. The third-order valence-corrected chi connectivity index (χ3v) is 2.54. The van der Waals surface area contributed by atoms with E-state index in [0.29, 0.717) is 0 Å². The Labute approximate surface area is 115 Å². The van der Waals surface area contributed by atoms with E-state index >= 15 is 0 Å². The number of rotatable bonds is 4. The van der Waals surface area contributed by atoms with E-state index in [0.717, 1.165) is 18.2 Å². The molecule has 1 amide bonds. The Morgan fingerprint density at radius 3 is 2.28 bits per heavy atom. The van der Waals surface area contributed by atoms with Gasteiger partial charge in [-0.15, -0.1) is 0 Å².